The second-order valence-corrected chi connectivity index (χ2v) is 6.71. The van der Waals surface area contributed by atoms with Gasteiger partial charge in [-0.3, -0.25) is 0 Å². The fraction of sp³-hybridized carbons (Fsp3) is 1.00. The van der Waals surface area contributed by atoms with Crippen LogP contribution in [0.5, 0.6) is 0 Å². The van der Waals surface area contributed by atoms with Crippen molar-refractivity contribution in [1.29, 1.82) is 0 Å². The van der Waals surface area contributed by atoms with Crippen LogP contribution >= 0.6 is 0 Å². The molecule has 17 heavy (non-hydrogen) atoms. The van der Waals surface area contributed by atoms with Crippen molar-refractivity contribution in [3.63, 3.8) is 0 Å². The molecule has 1 N–H and O–H groups in total. The predicted octanol–water partition coefficient (Wildman–Crippen LogP) is 4.51. The van der Waals surface area contributed by atoms with Crippen molar-refractivity contribution >= 4 is 0 Å². The van der Waals surface area contributed by atoms with Gasteiger partial charge in [-0.1, -0.05) is 39.5 Å². The molecule has 2 saturated carbocycles. The summed E-state index contributed by atoms with van der Waals surface area (Å²) in [5.74, 6) is 1.90. The van der Waals surface area contributed by atoms with Crippen LogP contribution in [0, 0.1) is 11.8 Å². The van der Waals surface area contributed by atoms with Gasteiger partial charge in [-0.05, 0) is 50.4 Å². The van der Waals surface area contributed by atoms with E-state index in [-0.39, 0.29) is 0 Å². The second kappa shape index (κ2) is 6.78. The minimum Gasteiger partial charge on any atom is -0.311 e. The Morgan fingerprint density at radius 2 is 1.24 bits per heavy atom. The van der Waals surface area contributed by atoms with Crippen LogP contribution in [0.15, 0.2) is 0 Å². The molecule has 0 aromatic heterocycles. The van der Waals surface area contributed by atoms with Crippen LogP contribution in [0.25, 0.3) is 0 Å². The lowest BCUT2D eigenvalue weighted by Crippen LogP contribution is -2.40. The summed E-state index contributed by atoms with van der Waals surface area (Å²) in [5.41, 5.74) is 0. The molecule has 0 aliphatic heterocycles. The Hall–Kier alpha value is -0.0400. The highest BCUT2D eigenvalue weighted by atomic mass is 14.9. The van der Waals surface area contributed by atoms with E-state index in [1.54, 1.807) is 0 Å². The van der Waals surface area contributed by atoms with Crippen LogP contribution in [0.1, 0.15) is 78.1 Å². The van der Waals surface area contributed by atoms with Crippen LogP contribution in [-0.2, 0) is 0 Å². The van der Waals surface area contributed by atoms with Gasteiger partial charge in [0.05, 0.1) is 0 Å². The van der Waals surface area contributed by atoms with E-state index in [1.165, 1.54) is 64.2 Å². The summed E-state index contributed by atoms with van der Waals surface area (Å²) in [6.45, 7) is 4.79. The van der Waals surface area contributed by atoms with Gasteiger partial charge < -0.3 is 5.32 Å². The van der Waals surface area contributed by atoms with Crippen molar-refractivity contribution in [2.45, 2.75) is 90.1 Å². The normalized spacial score (nSPS) is 32.6. The van der Waals surface area contributed by atoms with Crippen LogP contribution in [-0.4, -0.2) is 12.1 Å². The molecule has 0 bridgehead atoms. The minimum absolute atomic E-state index is 0.841. The van der Waals surface area contributed by atoms with Crippen LogP contribution in [0.4, 0.5) is 0 Å². The molecule has 1 nitrogen and oxygen atoms in total. The average Bonchev–Trinajstić information content (AvgIpc) is 2.58. The predicted molar refractivity (Wildman–Crippen MR) is 75.2 cm³/mol. The van der Waals surface area contributed by atoms with Gasteiger partial charge >= 0.3 is 0 Å². The van der Waals surface area contributed by atoms with E-state index in [9.17, 15) is 0 Å². The quantitative estimate of drug-likeness (QED) is 0.712. The molecule has 0 saturated heterocycles. The molecule has 2 rings (SSSR count). The molecule has 0 amide bonds. The van der Waals surface area contributed by atoms with E-state index in [2.05, 4.69) is 19.2 Å². The topological polar surface area (TPSA) is 12.0 Å². The highest BCUT2D eigenvalue weighted by Gasteiger charge is 2.24. The van der Waals surface area contributed by atoms with Crippen molar-refractivity contribution in [1.82, 2.24) is 5.32 Å². The van der Waals surface area contributed by atoms with Gasteiger partial charge in [0.1, 0.15) is 0 Å². The Kier molecular flexibility index (Phi) is 5.34. The SMILES string of the molecule is CC(C)C1CCC(NC2CCCCCC2)CC1. The Labute approximate surface area is 108 Å². The summed E-state index contributed by atoms with van der Waals surface area (Å²) in [6, 6.07) is 1.69. The monoisotopic (exact) mass is 237 g/mol. The lowest BCUT2D eigenvalue weighted by Gasteiger charge is -2.33. The lowest BCUT2D eigenvalue weighted by atomic mass is 9.79. The molecule has 1 heteroatoms. The molecule has 0 aromatic carbocycles. The van der Waals surface area contributed by atoms with Gasteiger partial charge in [-0.15, -0.1) is 0 Å². The molecule has 2 aliphatic rings. The summed E-state index contributed by atoms with van der Waals surface area (Å²) in [4.78, 5) is 0. The Morgan fingerprint density at radius 3 is 1.76 bits per heavy atom. The van der Waals surface area contributed by atoms with Crippen molar-refractivity contribution in [2.24, 2.45) is 11.8 Å². The first-order chi connectivity index (χ1) is 8.25. The van der Waals surface area contributed by atoms with E-state index in [0.717, 1.165) is 23.9 Å². The van der Waals surface area contributed by atoms with Crippen LogP contribution in [0.3, 0.4) is 0 Å². The van der Waals surface area contributed by atoms with Crippen LogP contribution < -0.4 is 5.32 Å². The zero-order chi connectivity index (χ0) is 12.1. The van der Waals surface area contributed by atoms with Crippen molar-refractivity contribution in [3.8, 4) is 0 Å². The maximum atomic E-state index is 3.96. The first kappa shape index (κ1) is 13.4. The molecule has 100 valence electrons. The third kappa shape index (κ3) is 4.28. The molecular weight excluding hydrogens is 206 g/mol. The van der Waals surface area contributed by atoms with Gasteiger partial charge in [-0.2, -0.15) is 0 Å². The lowest BCUT2D eigenvalue weighted by molar-refractivity contribution is 0.224. The molecule has 0 aromatic rings. The average molecular weight is 237 g/mol. The molecular formula is C16H31N. The fourth-order valence-electron chi connectivity index (χ4n) is 3.73. The van der Waals surface area contributed by atoms with Gasteiger partial charge in [0.25, 0.3) is 0 Å². The van der Waals surface area contributed by atoms with Gasteiger partial charge in [0.15, 0.2) is 0 Å². The Morgan fingerprint density at radius 1 is 0.706 bits per heavy atom. The molecule has 0 radical (unpaired) electrons. The van der Waals surface area contributed by atoms with Gasteiger partial charge in [0, 0.05) is 12.1 Å². The first-order valence-electron chi connectivity index (χ1n) is 8.01. The van der Waals surface area contributed by atoms with Gasteiger partial charge in [0.2, 0.25) is 0 Å². The Balaban J connectivity index is 1.69. The van der Waals surface area contributed by atoms with E-state index >= 15 is 0 Å². The van der Waals surface area contributed by atoms with E-state index < -0.39 is 0 Å². The maximum Gasteiger partial charge on any atom is 0.00698 e. The molecule has 0 heterocycles. The third-order valence-electron chi connectivity index (χ3n) is 5.04. The van der Waals surface area contributed by atoms with Crippen LogP contribution in [0.2, 0.25) is 0 Å². The summed E-state index contributed by atoms with van der Waals surface area (Å²) in [7, 11) is 0. The van der Waals surface area contributed by atoms with Crippen molar-refractivity contribution in [2.75, 3.05) is 0 Å². The standard InChI is InChI=1S/C16H31N/c1-13(2)14-9-11-16(12-10-14)17-15-7-5-3-4-6-8-15/h13-17H,3-12H2,1-2H3. The summed E-state index contributed by atoms with van der Waals surface area (Å²) >= 11 is 0. The summed E-state index contributed by atoms with van der Waals surface area (Å²) < 4.78 is 0. The number of nitrogens with one attached hydrogen (secondary N) is 1. The van der Waals surface area contributed by atoms with Gasteiger partial charge in [-0.25, -0.2) is 0 Å². The Bertz CT molecular complexity index is 196. The maximum absolute atomic E-state index is 3.96. The molecule has 2 aliphatic carbocycles. The molecule has 2 fully saturated rings. The molecule has 0 spiro atoms. The third-order valence-corrected chi connectivity index (χ3v) is 5.04. The fourth-order valence-corrected chi connectivity index (χ4v) is 3.73. The highest BCUT2D eigenvalue weighted by molar-refractivity contribution is 4.82. The van der Waals surface area contributed by atoms with Crippen molar-refractivity contribution in [3.05, 3.63) is 0 Å². The molecule has 0 atom stereocenters. The zero-order valence-corrected chi connectivity index (χ0v) is 11.9. The first-order valence-corrected chi connectivity index (χ1v) is 8.01. The smallest absolute Gasteiger partial charge is 0.00698 e. The largest absolute Gasteiger partial charge is 0.311 e. The van der Waals surface area contributed by atoms with E-state index in [1.807, 2.05) is 0 Å². The van der Waals surface area contributed by atoms with E-state index in [4.69, 9.17) is 0 Å². The minimum atomic E-state index is 0.841. The van der Waals surface area contributed by atoms with Crippen molar-refractivity contribution < 1.29 is 0 Å². The number of hydrogen-bond donors (Lipinski definition) is 1. The summed E-state index contributed by atoms with van der Waals surface area (Å²) in [6.07, 6.45) is 14.5. The summed E-state index contributed by atoms with van der Waals surface area (Å²) in [5, 5.41) is 3.96. The second-order valence-electron chi connectivity index (χ2n) is 6.71. The molecule has 0 unspecified atom stereocenters. The number of rotatable bonds is 3. The number of hydrogen-bond acceptors (Lipinski definition) is 1. The zero-order valence-electron chi connectivity index (χ0n) is 11.9. The highest BCUT2D eigenvalue weighted by Crippen LogP contribution is 2.30. The van der Waals surface area contributed by atoms with E-state index in [0.29, 0.717) is 0 Å².